The predicted molar refractivity (Wildman–Crippen MR) is 58.7 cm³/mol. The van der Waals surface area contributed by atoms with E-state index in [9.17, 15) is 9.36 Å². The second-order valence-electron chi connectivity index (χ2n) is 4.21. The second kappa shape index (κ2) is 5.23. The van der Waals surface area contributed by atoms with Crippen LogP contribution < -0.4 is 0 Å². The molecule has 0 unspecified atom stereocenters. The third kappa shape index (κ3) is 4.18. The summed E-state index contributed by atoms with van der Waals surface area (Å²) in [7, 11) is -4.40. The van der Waals surface area contributed by atoms with Gasteiger partial charge >= 0.3 is 7.82 Å². The van der Waals surface area contributed by atoms with Crippen LogP contribution in [0.4, 0.5) is 0 Å². The topological polar surface area (TPSA) is 83.8 Å². The van der Waals surface area contributed by atoms with E-state index in [-0.39, 0.29) is 11.7 Å². The lowest BCUT2D eigenvalue weighted by Gasteiger charge is -2.27. The molecule has 0 heterocycles. The Kier molecular flexibility index (Phi) is 4.44. The van der Waals surface area contributed by atoms with Crippen LogP contribution in [0.15, 0.2) is 12.2 Å². The first-order valence-corrected chi connectivity index (χ1v) is 6.76. The quantitative estimate of drug-likeness (QED) is 0.585. The fraction of sp³-hybridized carbons (Fsp3) is 0.700. The molecule has 0 bridgehead atoms. The Labute approximate surface area is 94.7 Å². The number of Topliss-reactive ketones (excluding diaryl/α,β-unsaturated/α-hetero) is 1. The summed E-state index contributed by atoms with van der Waals surface area (Å²) >= 11 is 0. The molecule has 0 atom stereocenters. The van der Waals surface area contributed by atoms with Crippen LogP contribution in [0.3, 0.4) is 0 Å². The number of phosphoric acid groups is 1. The van der Waals surface area contributed by atoms with Crippen LogP contribution in [0, 0.1) is 5.92 Å². The van der Waals surface area contributed by atoms with Crippen LogP contribution in [-0.4, -0.2) is 21.7 Å². The van der Waals surface area contributed by atoms with Crippen LogP contribution in [0.25, 0.3) is 0 Å². The summed E-state index contributed by atoms with van der Waals surface area (Å²) in [6.45, 7) is 5.28. The summed E-state index contributed by atoms with van der Waals surface area (Å²) in [5.41, 5.74) is 0.541. The van der Waals surface area contributed by atoms with E-state index in [0.717, 1.165) is 0 Å². The van der Waals surface area contributed by atoms with Crippen molar-refractivity contribution in [2.45, 2.75) is 38.7 Å². The molecule has 16 heavy (non-hydrogen) atoms. The molecule has 1 rings (SSSR count). The molecule has 1 aliphatic carbocycles. The molecule has 0 aromatic heterocycles. The van der Waals surface area contributed by atoms with Crippen molar-refractivity contribution in [3.8, 4) is 0 Å². The van der Waals surface area contributed by atoms with Crippen LogP contribution in [0.5, 0.6) is 0 Å². The van der Waals surface area contributed by atoms with Gasteiger partial charge in [-0.25, -0.2) is 4.57 Å². The SMILES string of the molecule is C=C(C)C(=O)C1CCC(OP(=O)(O)O)CC1. The van der Waals surface area contributed by atoms with E-state index in [2.05, 4.69) is 11.1 Å². The zero-order valence-corrected chi connectivity index (χ0v) is 10.2. The van der Waals surface area contributed by atoms with Crippen LogP contribution in [0.2, 0.25) is 0 Å². The van der Waals surface area contributed by atoms with Crippen LogP contribution >= 0.6 is 7.82 Å². The van der Waals surface area contributed by atoms with E-state index >= 15 is 0 Å². The van der Waals surface area contributed by atoms with Gasteiger partial charge in [-0.15, -0.1) is 0 Å². The highest BCUT2D eigenvalue weighted by molar-refractivity contribution is 7.46. The fourth-order valence-corrected chi connectivity index (χ4v) is 2.57. The molecular weight excluding hydrogens is 231 g/mol. The Hall–Kier alpha value is -0.480. The number of carbonyl (C=O) groups excluding carboxylic acids is 1. The van der Waals surface area contributed by atoms with Gasteiger partial charge in [0.2, 0.25) is 0 Å². The smallest absolute Gasteiger partial charge is 0.303 e. The highest BCUT2D eigenvalue weighted by Crippen LogP contribution is 2.41. The molecule has 0 aromatic rings. The van der Waals surface area contributed by atoms with Gasteiger partial charge in [-0.2, -0.15) is 0 Å². The molecule has 0 spiro atoms. The molecule has 2 N–H and O–H groups in total. The minimum absolute atomic E-state index is 0.0506. The molecule has 0 amide bonds. The first-order chi connectivity index (χ1) is 7.29. The second-order valence-corrected chi connectivity index (χ2v) is 5.41. The van der Waals surface area contributed by atoms with Crippen molar-refractivity contribution in [3.63, 3.8) is 0 Å². The van der Waals surface area contributed by atoms with E-state index in [4.69, 9.17) is 9.79 Å². The van der Waals surface area contributed by atoms with Crippen molar-refractivity contribution in [2.24, 2.45) is 5.92 Å². The maximum Gasteiger partial charge on any atom is 0.469 e. The van der Waals surface area contributed by atoms with E-state index in [1.54, 1.807) is 6.92 Å². The zero-order valence-electron chi connectivity index (χ0n) is 9.26. The lowest BCUT2D eigenvalue weighted by Crippen LogP contribution is -2.26. The molecule has 1 fully saturated rings. The van der Waals surface area contributed by atoms with Gasteiger partial charge < -0.3 is 9.79 Å². The maximum atomic E-state index is 11.6. The number of ketones is 1. The van der Waals surface area contributed by atoms with Crippen molar-refractivity contribution >= 4 is 13.6 Å². The predicted octanol–water partition coefficient (Wildman–Crippen LogP) is 1.80. The molecule has 1 saturated carbocycles. The third-order valence-corrected chi connectivity index (χ3v) is 3.32. The first kappa shape index (κ1) is 13.6. The van der Waals surface area contributed by atoms with Crippen molar-refractivity contribution in [2.75, 3.05) is 0 Å². The Morgan fingerprint density at radius 3 is 2.19 bits per heavy atom. The average molecular weight is 248 g/mol. The summed E-state index contributed by atoms with van der Waals surface area (Å²) in [5.74, 6) is -0.0104. The summed E-state index contributed by atoms with van der Waals surface area (Å²) in [4.78, 5) is 28.9. The van der Waals surface area contributed by atoms with Gasteiger partial charge in [0.25, 0.3) is 0 Å². The first-order valence-electron chi connectivity index (χ1n) is 5.23. The number of phosphoric ester groups is 1. The summed E-state index contributed by atoms with van der Waals surface area (Å²) < 4.78 is 15.2. The molecule has 0 saturated heterocycles. The molecule has 5 nitrogen and oxygen atoms in total. The summed E-state index contributed by atoms with van der Waals surface area (Å²) in [6, 6.07) is 0. The van der Waals surface area contributed by atoms with E-state index in [1.165, 1.54) is 0 Å². The summed E-state index contributed by atoms with van der Waals surface area (Å²) in [5, 5.41) is 0. The number of hydrogen-bond acceptors (Lipinski definition) is 3. The maximum absolute atomic E-state index is 11.6. The normalized spacial score (nSPS) is 26.4. The zero-order chi connectivity index (χ0) is 12.3. The molecule has 0 aromatic carbocycles. The van der Waals surface area contributed by atoms with Gasteiger partial charge in [0.1, 0.15) is 0 Å². The molecule has 0 aliphatic heterocycles. The van der Waals surface area contributed by atoms with Gasteiger partial charge in [0.15, 0.2) is 5.78 Å². The fourth-order valence-electron chi connectivity index (χ4n) is 1.97. The standard InChI is InChI=1S/C10H17O5P/c1-7(2)10(11)8-3-5-9(6-4-8)15-16(12,13)14/h8-9H,1,3-6H2,2H3,(H2,12,13,14). The third-order valence-electron chi connectivity index (χ3n) is 2.75. The molecule has 92 valence electrons. The lowest BCUT2D eigenvalue weighted by molar-refractivity contribution is -0.120. The van der Waals surface area contributed by atoms with Crippen molar-refractivity contribution in [1.82, 2.24) is 0 Å². The van der Waals surface area contributed by atoms with E-state index in [1.807, 2.05) is 0 Å². The van der Waals surface area contributed by atoms with Crippen LogP contribution in [-0.2, 0) is 13.9 Å². The van der Waals surface area contributed by atoms with Gasteiger partial charge in [-0.1, -0.05) is 6.58 Å². The number of rotatable bonds is 4. The molecule has 0 radical (unpaired) electrons. The lowest BCUT2D eigenvalue weighted by atomic mass is 9.83. The van der Waals surface area contributed by atoms with Gasteiger partial charge in [-0.05, 0) is 38.2 Å². The Morgan fingerprint density at radius 1 is 1.31 bits per heavy atom. The minimum atomic E-state index is -4.40. The highest BCUT2D eigenvalue weighted by atomic mass is 31.2. The number of hydrogen-bond donors (Lipinski definition) is 2. The Balaban J connectivity index is 2.43. The number of carbonyl (C=O) groups is 1. The molecular formula is C10H17O5P. The largest absolute Gasteiger partial charge is 0.469 e. The number of allylic oxidation sites excluding steroid dienone is 1. The van der Waals surface area contributed by atoms with Gasteiger partial charge in [-0.3, -0.25) is 9.32 Å². The highest BCUT2D eigenvalue weighted by Gasteiger charge is 2.30. The van der Waals surface area contributed by atoms with Crippen LogP contribution in [0.1, 0.15) is 32.6 Å². The van der Waals surface area contributed by atoms with E-state index < -0.39 is 13.9 Å². The molecule has 1 aliphatic rings. The Morgan fingerprint density at radius 2 is 1.81 bits per heavy atom. The monoisotopic (exact) mass is 248 g/mol. The van der Waals surface area contributed by atoms with Gasteiger partial charge in [0, 0.05) is 5.92 Å². The molecule has 6 heteroatoms. The van der Waals surface area contributed by atoms with Crippen molar-refractivity contribution in [3.05, 3.63) is 12.2 Å². The average Bonchev–Trinajstić information content (AvgIpc) is 2.15. The van der Waals surface area contributed by atoms with Crippen molar-refractivity contribution in [1.29, 1.82) is 0 Å². The Bertz CT molecular complexity index is 324. The minimum Gasteiger partial charge on any atom is -0.303 e. The van der Waals surface area contributed by atoms with Gasteiger partial charge in [0.05, 0.1) is 6.10 Å². The van der Waals surface area contributed by atoms with E-state index in [0.29, 0.717) is 31.3 Å². The summed E-state index contributed by atoms with van der Waals surface area (Å²) in [6.07, 6.45) is 1.80. The van der Waals surface area contributed by atoms with Crippen molar-refractivity contribution < 1.29 is 23.7 Å².